The second-order valence-corrected chi connectivity index (χ2v) is 5.71. The van der Waals surface area contributed by atoms with Crippen molar-refractivity contribution in [3.05, 3.63) is 90.8 Å². The van der Waals surface area contributed by atoms with E-state index in [-0.39, 0.29) is 0 Å². The molecule has 2 aromatic heterocycles. The second kappa shape index (κ2) is 7.01. The van der Waals surface area contributed by atoms with Crippen LogP contribution in [0, 0.1) is 0 Å². The summed E-state index contributed by atoms with van der Waals surface area (Å²) in [7, 11) is 0. The molecule has 1 N–H and O–H groups in total. The number of benzene rings is 2. The van der Waals surface area contributed by atoms with Gasteiger partial charge < -0.3 is 5.32 Å². The van der Waals surface area contributed by atoms with Crippen molar-refractivity contribution < 1.29 is 0 Å². The summed E-state index contributed by atoms with van der Waals surface area (Å²) in [4.78, 5) is 4.31. The Kier molecular flexibility index (Phi) is 4.25. The van der Waals surface area contributed by atoms with Crippen LogP contribution in [-0.4, -0.2) is 21.1 Å². The summed E-state index contributed by atoms with van der Waals surface area (Å²) in [5, 5.41) is 7.79. The minimum atomic E-state index is 0.770. The average Bonchev–Trinajstić information content (AvgIpc) is 3.15. The Hall–Kier alpha value is -3.40. The molecule has 0 atom stereocenters. The topological polar surface area (TPSA) is 42.2 Å². The number of hydrogen-bond acceptors (Lipinski definition) is 3. The summed E-state index contributed by atoms with van der Waals surface area (Å²) in [6.07, 6.45) is 7.82. The molecule has 0 aliphatic carbocycles. The van der Waals surface area contributed by atoms with Crippen molar-refractivity contribution in [1.82, 2.24) is 14.6 Å². The van der Waals surface area contributed by atoms with Crippen molar-refractivity contribution in [2.75, 3.05) is 11.9 Å². The van der Waals surface area contributed by atoms with Crippen molar-refractivity contribution in [2.24, 2.45) is 0 Å². The first-order chi connectivity index (χ1) is 12.4. The van der Waals surface area contributed by atoms with E-state index in [9.17, 15) is 0 Å². The van der Waals surface area contributed by atoms with Gasteiger partial charge in [0.25, 0.3) is 0 Å². The maximum absolute atomic E-state index is 4.36. The fraction of sp³-hybridized carbons (Fsp3) is 0.0476. The van der Waals surface area contributed by atoms with E-state index in [4.69, 9.17) is 0 Å². The third-order valence-corrected chi connectivity index (χ3v) is 3.98. The van der Waals surface area contributed by atoms with Crippen molar-refractivity contribution in [1.29, 1.82) is 0 Å². The lowest BCUT2D eigenvalue weighted by molar-refractivity contribution is 0.948. The molecule has 0 fully saturated rings. The number of nitrogens with zero attached hydrogens (tertiary/aromatic N) is 3. The largest absolute Gasteiger partial charge is 0.382 e. The molecule has 0 bridgehead atoms. The Morgan fingerprint density at radius 3 is 2.76 bits per heavy atom. The summed E-state index contributed by atoms with van der Waals surface area (Å²) in [6, 6.07) is 22.5. The van der Waals surface area contributed by atoms with Gasteiger partial charge in [-0.15, -0.1) is 0 Å². The number of nitrogens with one attached hydrogen (secondary N) is 1. The van der Waals surface area contributed by atoms with E-state index < -0.39 is 0 Å². The first kappa shape index (κ1) is 15.1. The van der Waals surface area contributed by atoms with Gasteiger partial charge in [0.2, 0.25) is 0 Å². The molecule has 4 nitrogen and oxygen atoms in total. The van der Waals surface area contributed by atoms with Crippen LogP contribution in [0.5, 0.6) is 0 Å². The first-order valence-electron chi connectivity index (χ1n) is 8.25. The molecular formula is C21H18N4. The Bertz CT molecular complexity index is 1000. The summed E-state index contributed by atoms with van der Waals surface area (Å²) < 4.78 is 1.86. The van der Waals surface area contributed by atoms with Crippen LogP contribution < -0.4 is 5.32 Å². The maximum Gasteiger partial charge on any atom is 0.155 e. The first-order valence-corrected chi connectivity index (χ1v) is 8.25. The number of anilines is 1. The Balaban J connectivity index is 1.50. The quantitative estimate of drug-likeness (QED) is 0.586. The summed E-state index contributed by atoms with van der Waals surface area (Å²) in [5.41, 5.74) is 5.26. The highest BCUT2D eigenvalue weighted by Crippen LogP contribution is 2.22. The highest BCUT2D eigenvalue weighted by atomic mass is 15.2. The molecule has 0 spiro atoms. The monoisotopic (exact) mass is 326 g/mol. The molecule has 4 rings (SSSR count). The average molecular weight is 326 g/mol. The van der Waals surface area contributed by atoms with Gasteiger partial charge in [0, 0.05) is 30.1 Å². The zero-order chi connectivity index (χ0) is 16.9. The van der Waals surface area contributed by atoms with Gasteiger partial charge in [-0.3, -0.25) is 0 Å². The lowest BCUT2D eigenvalue weighted by Gasteiger charge is -2.08. The van der Waals surface area contributed by atoms with Gasteiger partial charge >= 0.3 is 0 Å². The molecule has 0 radical (unpaired) electrons. The predicted octanol–water partition coefficient (Wildman–Crippen LogP) is 4.52. The van der Waals surface area contributed by atoms with Gasteiger partial charge in [0.05, 0.1) is 11.9 Å². The van der Waals surface area contributed by atoms with Crippen molar-refractivity contribution in [2.45, 2.75) is 0 Å². The summed E-state index contributed by atoms with van der Waals surface area (Å²) in [5.74, 6) is 0. The van der Waals surface area contributed by atoms with Crippen molar-refractivity contribution >= 4 is 17.4 Å². The molecule has 2 heterocycles. The number of rotatable bonds is 5. The SMILES string of the molecule is C(=C\c1ccccc1)/CNc1cccc(-c2ccnc3ccnn23)c1. The van der Waals surface area contributed by atoms with Crippen LogP contribution in [0.25, 0.3) is 23.0 Å². The van der Waals surface area contributed by atoms with Crippen LogP contribution in [0.2, 0.25) is 0 Å². The Labute approximate surface area is 146 Å². The molecule has 4 heteroatoms. The Morgan fingerprint density at radius 1 is 0.920 bits per heavy atom. The van der Waals surface area contributed by atoms with E-state index in [2.05, 4.69) is 57.9 Å². The molecular weight excluding hydrogens is 308 g/mol. The van der Waals surface area contributed by atoms with Crippen LogP contribution in [0.15, 0.2) is 85.2 Å². The van der Waals surface area contributed by atoms with E-state index in [0.29, 0.717) is 0 Å². The van der Waals surface area contributed by atoms with E-state index in [1.807, 2.05) is 47.1 Å². The molecule has 4 aromatic rings. The molecule has 0 aliphatic heterocycles. The van der Waals surface area contributed by atoms with Gasteiger partial charge in [-0.05, 0) is 23.8 Å². The van der Waals surface area contributed by atoms with Crippen molar-refractivity contribution in [3.8, 4) is 11.3 Å². The summed E-state index contributed by atoms with van der Waals surface area (Å²) in [6.45, 7) is 0.770. The van der Waals surface area contributed by atoms with E-state index >= 15 is 0 Å². The molecule has 0 unspecified atom stereocenters. The number of fused-ring (bicyclic) bond motifs is 1. The van der Waals surface area contributed by atoms with Crippen molar-refractivity contribution in [3.63, 3.8) is 0 Å². The molecule has 0 aliphatic rings. The van der Waals surface area contributed by atoms with E-state index in [1.54, 1.807) is 6.20 Å². The van der Waals surface area contributed by atoms with Crippen LogP contribution in [0.4, 0.5) is 5.69 Å². The third kappa shape index (κ3) is 3.43. The van der Waals surface area contributed by atoms with Gasteiger partial charge in [0.1, 0.15) is 0 Å². The maximum atomic E-state index is 4.36. The molecule has 0 saturated heterocycles. The lowest BCUT2D eigenvalue weighted by atomic mass is 10.1. The predicted molar refractivity (Wildman–Crippen MR) is 102 cm³/mol. The highest BCUT2D eigenvalue weighted by molar-refractivity contribution is 5.67. The third-order valence-electron chi connectivity index (χ3n) is 3.98. The zero-order valence-electron chi connectivity index (χ0n) is 13.7. The fourth-order valence-corrected chi connectivity index (χ4v) is 2.78. The Morgan fingerprint density at radius 2 is 1.84 bits per heavy atom. The van der Waals surface area contributed by atoms with E-state index in [0.717, 1.165) is 29.1 Å². The molecule has 122 valence electrons. The van der Waals surface area contributed by atoms with Crippen LogP contribution in [0.1, 0.15) is 5.56 Å². The molecule has 0 amide bonds. The van der Waals surface area contributed by atoms with Gasteiger partial charge in [-0.25, -0.2) is 9.50 Å². The number of hydrogen-bond donors (Lipinski definition) is 1. The smallest absolute Gasteiger partial charge is 0.155 e. The lowest BCUT2D eigenvalue weighted by Crippen LogP contribution is -1.99. The summed E-state index contributed by atoms with van der Waals surface area (Å²) >= 11 is 0. The molecule has 25 heavy (non-hydrogen) atoms. The normalized spacial score (nSPS) is 11.2. The molecule has 0 saturated carbocycles. The van der Waals surface area contributed by atoms with Gasteiger partial charge in [-0.1, -0.05) is 54.6 Å². The van der Waals surface area contributed by atoms with Crippen LogP contribution in [0.3, 0.4) is 0 Å². The van der Waals surface area contributed by atoms with E-state index in [1.165, 1.54) is 5.56 Å². The van der Waals surface area contributed by atoms with Gasteiger partial charge in [0.15, 0.2) is 5.65 Å². The van der Waals surface area contributed by atoms with Gasteiger partial charge in [-0.2, -0.15) is 5.10 Å². The number of aromatic nitrogens is 3. The minimum absolute atomic E-state index is 0.770. The van der Waals surface area contributed by atoms with Crippen LogP contribution in [-0.2, 0) is 0 Å². The fourth-order valence-electron chi connectivity index (χ4n) is 2.78. The molecule has 2 aromatic carbocycles. The standard InChI is InChI=1S/C21H18N4/c1-2-6-17(7-3-1)8-5-13-22-19-10-4-9-18(16-19)20-11-14-23-21-12-15-24-25(20)21/h1-12,14-16,22H,13H2/b8-5+. The zero-order valence-corrected chi connectivity index (χ0v) is 13.7. The van der Waals surface area contributed by atoms with Crippen LogP contribution >= 0.6 is 0 Å². The second-order valence-electron chi connectivity index (χ2n) is 5.71. The minimum Gasteiger partial charge on any atom is -0.382 e. The highest BCUT2D eigenvalue weighted by Gasteiger charge is 2.05.